The smallest absolute Gasteiger partial charge is 0.267 e. The van der Waals surface area contributed by atoms with Crippen molar-refractivity contribution in [3.8, 4) is 5.75 Å². The lowest BCUT2D eigenvalue weighted by molar-refractivity contribution is -0.125. The minimum Gasteiger partial charge on any atom is -0.479 e. The van der Waals surface area contributed by atoms with E-state index in [9.17, 15) is 9.59 Å². The van der Waals surface area contributed by atoms with Gasteiger partial charge in [-0.15, -0.1) is 0 Å². The summed E-state index contributed by atoms with van der Waals surface area (Å²) in [6, 6.07) is 14.4. The number of nitrogens with zero attached hydrogens (tertiary/aromatic N) is 2. The fourth-order valence-corrected chi connectivity index (χ4v) is 2.81. The highest BCUT2D eigenvalue weighted by atomic mass is 16.5. The number of hydrogen-bond acceptors (Lipinski definition) is 4. The lowest BCUT2D eigenvalue weighted by Gasteiger charge is -2.34. The second-order valence-corrected chi connectivity index (χ2v) is 6.56. The molecule has 0 spiro atoms. The summed E-state index contributed by atoms with van der Waals surface area (Å²) in [6.45, 7) is 3.04. The number of fused-ring (bicyclic) bond motifs is 1. The van der Waals surface area contributed by atoms with Gasteiger partial charge in [-0.05, 0) is 51.4 Å². The molecule has 0 aliphatic carbocycles. The first-order valence-electron chi connectivity index (χ1n) is 8.59. The third-order valence-electron chi connectivity index (χ3n) is 4.23. The molecule has 0 radical (unpaired) electrons. The number of likely N-dealkylation sites (N-methyl/N-ethyl adjacent to an activating group) is 1. The van der Waals surface area contributed by atoms with Crippen LogP contribution in [0.25, 0.3) is 0 Å². The summed E-state index contributed by atoms with van der Waals surface area (Å²) in [4.78, 5) is 28.7. The first-order valence-corrected chi connectivity index (χ1v) is 8.59. The maximum Gasteiger partial charge on any atom is 0.267 e. The predicted octanol–water partition coefficient (Wildman–Crippen LogP) is 2.61. The minimum atomic E-state index is -0.519. The molecule has 6 heteroatoms. The van der Waals surface area contributed by atoms with Crippen molar-refractivity contribution in [1.29, 1.82) is 0 Å². The second kappa shape index (κ2) is 7.58. The summed E-state index contributed by atoms with van der Waals surface area (Å²) < 4.78 is 5.71. The van der Waals surface area contributed by atoms with E-state index < -0.39 is 6.10 Å². The first-order chi connectivity index (χ1) is 12.5. The van der Waals surface area contributed by atoms with E-state index in [1.165, 1.54) is 0 Å². The molecule has 0 fully saturated rings. The molecule has 1 N–H and O–H groups in total. The van der Waals surface area contributed by atoms with Crippen molar-refractivity contribution in [2.45, 2.75) is 13.0 Å². The number of carbonyl (C=O) groups is 2. The molecule has 2 amide bonds. The molecule has 0 saturated heterocycles. The van der Waals surface area contributed by atoms with Gasteiger partial charge in [-0.1, -0.05) is 18.2 Å². The summed E-state index contributed by atoms with van der Waals surface area (Å²) in [6.07, 6.45) is -0.519. The standard InChI is InChI=1S/C20H23N3O3/c1-14-20(25)23(12-11-22(2)3)17-13-16(9-10-18(17)26-14)21-19(24)15-7-5-4-6-8-15/h4-10,13-14H,11-12H2,1-3H3,(H,21,24). The van der Waals surface area contributed by atoms with E-state index in [1.807, 2.05) is 37.2 Å². The Hall–Kier alpha value is -2.86. The first kappa shape index (κ1) is 17.9. The molecule has 0 aromatic heterocycles. The van der Waals surface area contributed by atoms with Gasteiger partial charge in [-0.3, -0.25) is 9.59 Å². The normalized spacial score (nSPS) is 16.2. The van der Waals surface area contributed by atoms with Crippen molar-refractivity contribution in [2.75, 3.05) is 37.4 Å². The number of nitrogens with one attached hydrogen (secondary N) is 1. The number of benzene rings is 2. The van der Waals surface area contributed by atoms with Crippen LogP contribution in [0.3, 0.4) is 0 Å². The third-order valence-corrected chi connectivity index (χ3v) is 4.23. The molecule has 136 valence electrons. The zero-order valence-corrected chi connectivity index (χ0v) is 15.2. The molecule has 3 rings (SSSR count). The van der Waals surface area contributed by atoms with Crippen molar-refractivity contribution in [2.24, 2.45) is 0 Å². The van der Waals surface area contributed by atoms with Gasteiger partial charge in [-0.25, -0.2) is 0 Å². The zero-order chi connectivity index (χ0) is 18.7. The number of anilines is 2. The van der Waals surface area contributed by atoms with Gasteiger partial charge in [0.25, 0.3) is 11.8 Å². The van der Waals surface area contributed by atoms with Crippen LogP contribution in [-0.4, -0.2) is 50.0 Å². The van der Waals surface area contributed by atoms with Gasteiger partial charge >= 0.3 is 0 Å². The van der Waals surface area contributed by atoms with Crippen molar-refractivity contribution < 1.29 is 14.3 Å². The molecule has 1 aliphatic rings. The average Bonchev–Trinajstić information content (AvgIpc) is 2.63. The number of carbonyl (C=O) groups excluding carboxylic acids is 2. The quantitative estimate of drug-likeness (QED) is 0.898. The Morgan fingerprint density at radius 3 is 2.62 bits per heavy atom. The highest BCUT2D eigenvalue weighted by Gasteiger charge is 2.31. The van der Waals surface area contributed by atoms with Gasteiger partial charge in [0.1, 0.15) is 5.75 Å². The van der Waals surface area contributed by atoms with Crippen LogP contribution in [0.1, 0.15) is 17.3 Å². The topological polar surface area (TPSA) is 61.9 Å². The number of ether oxygens (including phenoxy) is 1. The summed E-state index contributed by atoms with van der Waals surface area (Å²) >= 11 is 0. The Balaban J connectivity index is 1.85. The Bertz CT molecular complexity index is 805. The van der Waals surface area contributed by atoms with Gasteiger partial charge < -0.3 is 19.9 Å². The lowest BCUT2D eigenvalue weighted by Crippen LogP contribution is -2.46. The van der Waals surface area contributed by atoms with Crippen LogP contribution < -0.4 is 15.0 Å². The summed E-state index contributed by atoms with van der Waals surface area (Å²) in [5.41, 5.74) is 1.88. The lowest BCUT2D eigenvalue weighted by atomic mass is 10.1. The van der Waals surface area contributed by atoms with E-state index in [1.54, 1.807) is 42.2 Å². The molecule has 1 unspecified atom stereocenters. The molecule has 0 bridgehead atoms. The number of amides is 2. The molecular weight excluding hydrogens is 330 g/mol. The second-order valence-electron chi connectivity index (χ2n) is 6.56. The van der Waals surface area contributed by atoms with Gasteiger partial charge in [0, 0.05) is 24.3 Å². The zero-order valence-electron chi connectivity index (χ0n) is 15.2. The molecule has 26 heavy (non-hydrogen) atoms. The Labute approximate surface area is 153 Å². The SMILES string of the molecule is CC1Oc2ccc(NC(=O)c3ccccc3)cc2N(CCN(C)C)C1=O. The van der Waals surface area contributed by atoms with Crippen molar-refractivity contribution >= 4 is 23.2 Å². The molecule has 0 saturated carbocycles. The van der Waals surface area contributed by atoms with E-state index in [0.717, 1.165) is 6.54 Å². The van der Waals surface area contributed by atoms with Crippen molar-refractivity contribution in [1.82, 2.24) is 4.90 Å². The monoisotopic (exact) mass is 353 g/mol. The van der Waals surface area contributed by atoms with Crippen LogP contribution in [0, 0.1) is 0 Å². The van der Waals surface area contributed by atoms with E-state index in [0.29, 0.717) is 29.2 Å². The predicted molar refractivity (Wildman–Crippen MR) is 102 cm³/mol. The molecule has 2 aromatic rings. The summed E-state index contributed by atoms with van der Waals surface area (Å²) in [7, 11) is 3.93. The van der Waals surface area contributed by atoms with E-state index in [-0.39, 0.29) is 11.8 Å². The fraction of sp³-hybridized carbons (Fsp3) is 0.300. The maximum absolute atomic E-state index is 12.6. The minimum absolute atomic E-state index is 0.0779. The van der Waals surface area contributed by atoms with Crippen LogP contribution in [0.2, 0.25) is 0 Å². The molecule has 1 heterocycles. The van der Waals surface area contributed by atoms with E-state index >= 15 is 0 Å². The van der Waals surface area contributed by atoms with Crippen LogP contribution in [0.4, 0.5) is 11.4 Å². The van der Waals surface area contributed by atoms with Crippen molar-refractivity contribution in [3.63, 3.8) is 0 Å². The highest BCUT2D eigenvalue weighted by Crippen LogP contribution is 2.36. The van der Waals surface area contributed by atoms with E-state index in [2.05, 4.69) is 5.32 Å². The fourth-order valence-electron chi connectivity index (χ4n) is 2.81. The van der Waals surface area contributed by atoms with Gasteiger partial charge in [0.05, 0.1) is 5.69 Å². The molecule has 2 aromatic carbocycles. The summed E-state index contributed by atoms with van der Waals surface area (Å²) in [5, 5.41) is 2.88. The summed E-state index contributed by atoms with van der Waals surface area (Å²) in [5.74, 6) is 0.376. The van der Waals surface area contributed by atoms with Crippen LogP contribution in [0.5, 0.6) is 5.75 Å². The van der Waals surface area contributed by atoms with Crippen molar-refractivity contribution in [3.05, 3.63) is 54.1 Å². The Morgan fingerprint density at radius 2 is 1.92 bits per heavy atom. The van der Waals surface area contributed by atoms with Crippen LogP contribution in [-0.2, 0) is 4.79 Å². The molecule has 1 atom stereocenters. The molecule has 1 aliphatic heterocycles. The van der Waals surface area contributed by atoms with E-state index in [4.69, 9.17) is 4.74 Å². The largest absolute Gasteiger partial charge is 0.479 e. The molecular formula is C20H23N3O3. The number of rotatable bonds is 5. The number of hydrogen-bond donors (Lipinski definition) is 1. The Morgan fingerprint density at radius 1 is 1.19 bits per heavy atom. The third kappa shape index (κ3) is 3.86. The van der Waals surface area contributed by atoms with Gasteiger partial charge in [-0.2, -0.15) is 0 Å². The highest BCUT2D eigenvalue weighted by molar-refractivity contribution is 6.05. The van der Waals surface area contributed by atoms with Gasteiger partial charge in [0.2, 0.25) is 0 Å². The van der Waals surface area contributed by atoms with Crippen LogP contribution in [0.15, 0.2) is 48.5 Å². The Kier molecular flexibility index (Phi) is 5.23. The average molecular weight is 353 g/mol. The van der Waals surface area contributed by atoms with Gasteiger partial charge in [0.15, 0.2) is 6.10 Å². The van der Waals surface area contributed by atoms with Crippen LogP contribution >= 0.6 is 0 Å². The maximum atomic E-state index is 12.6. The molecule has 6 nitrogen and oxygen atoms in total.